The predicted molar refractivity (Wildman–Crippen MR) is 63.6 cm³/mol. The summed E-state index contributed by atoms with van der Waals surface area (Å²) in [5, 5.41) is 3.47. The van der Waals surface area contributed by atoms with Crippen LogP contribution in [-0.4, -0.2) is 37.1 Å². The molecule has 1 unspecified atom stereocenters. The zero-order valence-corrected chi connectivity index (χ0v) is 10.8. The van der Waals surface area contributed by atoms with Crippen molar-refractivity contribution < 1.29 is 4.74 Å². The van der Waals surface area contributed by atoms with Gasteiger partial charge in [-0.15, -0.1) is 23.2 Å². The van der Waals surface area contributed by atoms with E-state index in [1.807, 2.05) is 0 Å². The maximum Gasteiger partial charge on any atom is 0.0476 e. The summed E-state index contributed by atoms with van der Waals surface area (Å²) in [6, 6.07) is 0.382. The van der Waals surface area contributed by atoms with E-state index in [2.05, 4.69) is 19.2 Å². The fraction of sp³-hybridized carbons (Fsp3) is 1.00. The average molecular weight is 242 g/mol. The van der Waals surface area contributed by atoms with Crippen molar-refractivity contribution >= 4 is 23.2 Å². The molecular weight excluding hydrogens is 221 g/mol. The number of ether oxygens (including phenoxy) is 1. The van der Waals surface area contributed by atoms with Crippen molar-refractivity contribution in [1.82, 2.24) is 5.32 Å². The number of methoxy groups -OCH3 is 1. The van der Waals surface area contributed by atoms with Crippen LogP contribution in [0.25, 0.3) is 0 Å². The Bertz CT molecular complexity index is 132. The fourth-order valence-electron chi connectivity index (χ4n) is 1.29. The maximum atomic E-state index is 5.92. The summed E-state index contributed by atoms with van der Waals surface area (Å²) in [5.41, 5.74) is -0.129. The van der Waals surface area contributed by atoms with Crippen LogP contribution in [-0.2, 0) is 4.74 Å². The summed E-state index contributed by atoms with van der Waals surface area (Å²) in [6.07, 6.45) is 1.92. The fourth-order valence-corrected chi connectivity index (χ4v) is 2.11. The number of hydrogen-bond acceptors (Lipinski definition) is 2. The first-order valence-corrected chi connectivity index (χ1v) is 6.09. The minimum atomic E-state index is -0.129. The van der Waals surface area contributed by atoms with Crippen LogP contribution in [0.3, 0.4) is 0 Å². The summed E-state index contributed by atoms with van der Waals surface area (Å²) in [4.78, 5) is 0. The van der Waals surface area contributed by atoms with E-state index in [1.165, 1.54) is 0 Å². The standard InChI is InChI=1S/C10H21Cl2NO/c1-4-10(7-11,8-12)13-9(2)5-6-14-3/h9,13H,4-8H2,1-3H3. The van der Waals surface area contributed by atoms with Crippen LogP contribution < -0.4 is 5.32 Å². The van der Waals surface area contributed by atoms with E-state index in [4.69, 9.17) is 27.9 Å². The Morgan fingerprint density at radius 1 is 1.36 bits per heavy atom. The molecule has 0 aromatic heterocycles. The first kappa shape index (κ1) is 14.5. The maximum absolute atomic E-state index is 5.92. The van der Waals surface area contributed by atoms with Crippen molar-refractivity contribution in [1.29, 1.82) is 0 Å². The minimum absolute atomic E-state index is 0.129. The van der Waals surface area contributed by atoms with Gasteiger partial charge in [-0.25, -0.2) is 0 Å². The molecule has 0 saturated heterocycles. The van der Waals surface area contributed by atoms with Gasteiger partial charge in [-0.2, -0.15) is 0 Å². The van der Waals surface area contributed by atoms with Crippen LogP contribution in [0.15, 0.2) is 0 Å². The van der Waals surface area contributed by atoms with Crippen molar-refractivity contribution in [2.75, 3.05) is 25.5 Å². The number of nitrogens with one attached hydrogen (secondary N) is 1. The van der Waals surface area contributed by atoms with Crippen molar-refractivity contribution in [3.63, 3.8) is 0 Å². The molecule has 0 saturated carbocycles. The third kappa shape index (κ3) is 4.83. The first-order valence-electron chi connectivity index (χ1n) is 5.02. The Morgan fingerprint density at radius 2 is 1.93 bits per heavy atom. The van der Waals surface area contributed by atoms with Crippen LogP contribution in [0, 0.1) is 0 Å². The number of rotatable bonds is 8. The second-order valence-electron chi connectivity index (χ2n) is 3.73. The molecule has 0 fully saturated rings. The molecule has 2 nitrogen and oxygen atoms in total. The Kier molecular flexibility index (Phi) is 8.02. The highest BCUT2D eigenvalue weighted by atomic mass is 35.5. The molecule has 1 N–H and O–H groups in total. The molecule has 14 heavy (non-hydrogen) atoms. The molecule has 0 amide bonds. The zero-order chi connectivity index (χ0) is 11.0. The van der Waals surface area contributed by atoms with E-state index < -0.39 is 0 Å². The molecule has 1 atom stereocenters. The molecule has 86 valence electrons. The summed E-state index contributed by atoms with van der Waals surface area (Å²) < 4.78 is 5.02. The van der Waals surface area contributed by atoms with Crippen LogP contribution in [0.1, 0.15) is 26.7 Å². The highest BCUT2D eigenvalue weighted by Gasteiger charge is 2.27. The summed E-state index contributed by atoms with van der Waals surface area (Å²) >= 11 is 11.8. The second-order valence-corrected chi connectivity index (χ2v) is 4.26. The molecule has 0 aliphatic carbocycles. The van der Waals surface area contributed by atoms with Crippen molar-refractivity contribution in [3.8, 4) is 0 Å². The number of alkyl halides is 2. The monoisotopic (exact) mass is 241 g/mol. The molecule has 0 rings (SSSR count). The quantitative estimate of drug-likeness (QED) is 0.660. The molecule has 0 spiro atoms. The predicted octanol–water partition coefficient (Wildman–Crippen LogP) is 2.63. The molecule has 0 aliphatic heterocycles. The third-order valence-corrected chi connectivity index (χ3v) is 3.52. The lowest BCUT2D eigenvalue weighted by molar-refractivity contribution is 0.178. The van der Waals surface area contributed by atoms with Crippen molar-refractivity contribution in [2.45, 2.75) is 38.3 Å². The van der Waals surface area contributed by atoms with Crippen LogP contribution in [0.5, 0.6) is 0 Å². The highest BCUT2D eigenvalue weighted by Crippen LogP contribution is 2.16. The zero-order valence-electron chi connectivity index (χ0n) is 9.28. The molecule has 0 aromatic rings. The second kappa shape index (κ2) is 7.75. The first-order chi connectivity index (χ1) is 6.64. The van der Waals surface area contributed by atoms with Gasteiger partial charge in [-0.05, 0) is 19.8 Å². The van der Waals surface area contributed by atoms with Gasteiger partial charge < -0.3 is 10.1 Å². The average Bonchev–Trinajstić information content (AvgIpc) is 2.23. The Morgan fingerprint density at radius 3 is 2.29 bits per heavy atom. The molecular formula is C10H21Cl2NO. The van der Waals surface area contributed by atoms with Gasteiger partial charge in [0.2, 0.25) is 0 Å². The van der Waals surface area contributed by atoms with E-state index in [0.717, 1.165) is 19.4 Å². The number of halogens is 2. The van der Waals surface area contributed by atoms with E-state index in [0.29, 0.717) is 17.8 Å². The Labute approximate surface area is 97.3 Å². The SMILES string of the molecule is CCC(CCl)(CCl)NC(C)CCOC. The molecule has 0 bridgehead atoms. The van der Waals surface area contributed by atoms with Crippen LogP contribution in [0.2, 0.25) is 0 Å². The molecule has 0 aromatic carbocycles. The lowest BCUT2D eigenvalue weighted by Crippen LogP contribution is -2.52. The van der Waals surface area contributed by atoms with Gasteiger partial charge in [0.1, 0.15) is 0 Å². The van der Waals surface area contributed by atoms with Gasteiger partial charge in [-0.1, -0.05) is 6.92 Å². The molecule has 4 heteroatoms. The Hall–Kier alpha value is 0.500. The van der Waals surface area contributed by atoms with Gasteiger partial charge in [0.05, 0.1) is 0 Å². The summed E-state index contributed by atoms with van der Waals surface area (Å²) in [5.74, 6) is 1.09. The van der Waals surface area contributed by atoms with Gasteiger partial charge in [0.15, 0.2) is 0 Å². The van der Waals surface area contributed by atoms with Gasteiger partial charge in [-0.3, -0.25) is 0 Å². The van der Waals surface area contributed by atoms with E-state index >= 15 is 0 Å². The summed E-state index contributed by atoms with van der Waals surface area (Å²) in [7, 11) is 1.71. The van der Waals surface area contributed by atoms with Crippen LogP contribution in [0.4, 0.5) is 0 Å². The highest BCUT2D eigenvalue weighted by molar-refractivity contribution is 6.22. The smallest absolute Gasteiger partial charge is 0.0476 e. The normalized spacial score (nSPS) is 14.4. The lowest BCUT2D eigenvalue weighted by Gasteiger charge is -2.33. The molecule has 0 aliphatic rings. The van der Waals surface area contributed by atoms with Crippen molar-refractivity contribution in [2.24, 2.45) is 0 Å². The van der Waals surface area contributed by atoms with E-state index in [9.17, 15) is 0 Å². The minimum Gasteiger partial charge on any atom is -0.385 e. The van der Waals surface area contributed by atoms with Gasteiger partial charge >= 0.3 is 0 Å². The van der Waals surface area contributed by atoms with Gasteiger partial charge in [0, 0.05) is 37.1 Å². The Balaban J connectivity index is 4.01. The third-order valence-electron chi connectivity index (χ3n) is 2.50. The topological polar surface area (TPSA) is 21.3 Å². The number of hydrogen-bond donors (Lipinski definition) is 1. The van der Waals surface area contributed by atoms with E-state index in [-0.39, 0.29) is 5.54 Å². The largest absolute Gasteiger partial charge is 0.385 e. The molecule has 0 radical (unpaired) electrons. The summed E-state index contributed by atoms with van der Waals surface area (Å²) in [6.45, 7) is 4.99. The van der Waals surface area contributed by atoms with E-state index in [1.54, 1.807) is 7.11 Å². The lowest BCUT2D eigenvalue weighted by atomic mass is 9.99. The van der Waals surface area contributed by atoms with Crippen LogP contribution >= 0.6 is 23.2 Å². The van der Waals surface area contributed by atoms with Gasteiger partial charge in [0.25, 0.3) is 0 Å². The molecule has 0 heterocycles. The van der Waals surface area contributed by atoms with Crippen molar-refractivity contribution in [3.05, 3.63) is 0 Å².